The van der Waals surface area contributed by atoms with Crippen LogP contribution in [0.3, 0.4) is 0 Å². The summed E-state index contributed by atoms with van der Waals surface area (Å²) < 4.78 is 0. The van der Waals surface area contributed by atoms with Gasteiger partial charge in [-0.15, -0.1) is 0 Å². The molecule has 3 aromatic rings. The van der Waals surface area contributed by atoms with Crippen molar-refractivity contribution in [1.29, 1.82) is 0 Å². The van der Waals surface area contributed by atoms with E-state index in [2.05, 4.69) is 15.3 Å². The van der Waals surface area contributed by atoms with Gasteiger partial charge in [-0.2, -0.15) is 0 Å². The quantitative estimate of drug-likeness (QED) is 0.545. The maximum Gasteiger partial charge on any atom is 0.112 e. The normalized spacial score (nSPS) is 10.7. The van der Waals surface area contributed by atoms with Gasteiger partial charge in [0.15, 0.2) is 0 Å². The SMILES string of the molecule is Nc1cccc(NCc2cnc3cc(N)cc(N)c3n2)c1. The molecule has 1 heterocycles. The molecule has 3 rings (SSSR count). The van der Waals surface area contributed by atoms with Crippen LogP contribution in [0.15, 0.2) is 42.6 Å². The van der Waals surface area contributed by atoms with Crippen molar-refractivity contribution in [3.63, 3.8) is 0 Å². The molecule has 0 spiro atoms. The Morgan fingerprint density at radius 2 is 1.86 bits per heavy atom. The van der Waals surface area contributed by atoms with E-state index in [9.17, 15) is 0 Å². The Kier molecular flexibility index (Phi) is 3.19. The molecule has 0 aliphatic carbocycles. The van der Waals surface area contributed by atoms with E-state index in [1.54, 1.807) is 18.3 Å². The summed E-state index contributed by atoms with van der Waals surface area (Å²) in [6.45, 7) is 0.538. The predicted octanol–water partition coefficient (Wildman–Crippen LogP) is 1.99. The average Bonchev–Trinajstić information content (AvgIpc) is 2.45. The molecule has 0 bridgehead atoms. The number of hydrogen-bond acceptors (Lipinski definition) is 6. The zero-order valence-electron chi connectivity index (χ0n) is 11.4. The fourth-order valence-electron chi connectivity index (χ4n) is 2.13. The number of nitrogens with zero attached hydrogens (tertiary/aromatic N) is 2. The molecule has 0 saturated heterocycles. The Morgan fingerprint density at radius 1 is 1.00 bits per heavy atom. The molecular formula is C15H16N6. The van der Waals surface area contributed by atoms with Crippen LogP contribution in [-0.4, -0.2) is 9.97 Å². The van der Waals surface area contributed by atoms with Crippen LogP contribution in [0.1, 0.15) is 5.69 Å². The molecule has 0 radical (unpaired) electrons. The van der Waals surface area contributed by atoms with Crippen LogP contribution in [-0.2, 0) is 6.54 Å². The molecule has 106 valence electrons. The number of nitrogen functional groups attached to an aromatic ring is 3. The highest BCUT2D eigenvalue weighted by Crippen LogP contribution is 2.21. The third kappa shape index (κ3) is 2.79. The molecular weight excluding hydrogens is 264 g/mol. The van der Waals surface area contributed by atoms with E-state index < -0.39 is 0 Å². The molecule has 0 atom stereocenters. The van der Waals surface area contributed by atoms with Crippen molar-refractivity contribution < 1.29 is 0 Å². The predicted molar refractivity (Wildman–Crippen MR) is 86.5 cm³/mol. The molecule has 6 nitrogen and oxygen atoms in total. The van der Waals surface area contributed by atoms with Gasteiger partial charge >= 0.3 is 0 Å². The minimum absolute atomic E-state index is 0.531. The Bertz CT molecular complexity index is 799. The number of hydrogen-bond donors (Lipinski definition) is 4. The minimum atomic E-state index is 0.531. The monoisotopic (exact) mass is 280 g/mol. The van der Waals surface area contributed by atoms with Gasteiger partial charge in [-0.3, -0.25) is 4.98 Å². The summed E-state index contributed by atoms with van der Waals surface area (Å²) in [6, 6.07) is 11.0. The summed E-state index contributed by atoms with van der Waals surface area (Å²) >= 11 is 0. The van der Waals surface area contributed by atoms with Gasteiger partial charge < -0.3 is 22.5 Å². The van der Waals surface area contributed by atoms with Gasteiger partial charge in [0, 0.05) is 17.1 Å². The van der Waals surface area contributed by atoms with Crippen molar-refractivity contribution in [2.75, 3.05) is 22.5 Å². The second-order valence-corrected chi connectivity index (χ2v) is 4.82. The van der Waals surface area contributed by atoms with Crippen LogP contribution in [0.2, 0.25) is 0 Å². The zero-order chi connectivity index (χ0) is 14.8. The number of anilines is 4. The largest absolute Gasteiger partial charge is 0.399 e. The fraction of sp³-hybridized carbons (Fsp3) is 0.0667. The maximum absolute atomic E-state index is 5.93. The first-order valence-electron chi connectivity index (χ1n) is 6.52. The number of nitrogens with one attached hydrogen (secondary N) is 1. The van der Waals surface area contributed by atoms with E-state index in [0.717, 1.165) is 11.4 Å². The van der Waals surface area contributed by atoms with Gasteiger partial charge in [0.1, 0.15) is 5.52 Å². The summed E-state index contributed by atoms with van der Waals surface area (Å²) in [5.74, 6) is 0. The van der Waals surface area contributed by atoms with Crippen LogP contribution in [0.25, 0.3) is 11.0 Å². The molecule has 0 saturated carbocycles. The average molecular weight is 280 g/mol. The fourth-order valence-corrected chi connectivity index (χ4v) is 2.13. The molecule has 7 N–H and O–H groups in total. The molecule has 1 aromatic heterocycles. The molecule has 21 heavy (non-hydrogen) atoms. The standard InChI is InChI=1S/C15H16N6/c16-9-2-1-3-11(4-9)19-7-12-8-20-14-6-10(17)5-13(18)15(14)21-12/h1-6,8,19H,7,16-18H2. The smallest absolute Gasteiger partial charge is 0.112 e. The lowest BCUT2D eigenvalue weighted by atomic mass is 10.2. The third-order valence-electron chi connectivity index (χ3n) is 3.11. The number of rotatable bonds is 3. The van der Waals surface area contributed by atoms with Gasteiger partial charge in [-0.1, -0.05) is 6.07 Å². The molecule has 0 fully saturated rings. The lowest BCUT2D eigenvalue weighted by Gasteiger charge is -2.08. The summed E-state index contributed by atoms with van der Waals surface area (Å²) in [5, 5.41) is 3.25. The number of benzene rings is 2. The Labute approximate surface area is 122 Å². The van der Waals surface area contributed by atoms with Crippen molar-refractivity contribution >= 4 is 33.8 Å². The summed E-state index contributed by atoms with van der Waals surface area (Å²) in [5.41, 5.74) is 22.3. The Balaban J connectivity index is 1.85. The summed E-state index contributed by atoms with van der Waals surface area (Å²) in [7, 11) is 0. The molecule has 6 heteroatoms. The van der Waals surface area contributed by atoms with Crippen molar-refractivity contribution in [1.82, 2.24) is 9.97 Å². The maximum atomic E-state index is 5.93. The molecule has 0 aliphatic rings. The Hall–Kier alpha value is -3.02. The van der Waals surface area contributed by atoms with E-state index in [-0.39, 0.29) is 0 Å². The van der Waals surface area contributed by atoms with Crippen molar-refractivity contribution in [2.24, 2.45) is 0 Å². The first-order chi connectivity index (χ1) is 10.1. The van der Waals surface area contributed by atoms with Gasteiger partial charge in [-0.05, 0) is 30.3 Å². The Morgan fingerprint density at radius 3 is 2.67 bits per heavy atom. The highest BCUT2D eigenvalue weighted by Gasteiger charge is 2.05. The highest BCUT2D eigenvalue weighted by molar-refractivity contribution is 5.89. The van der Waals surface area contributed by atoms with Gasteiger partial charge in [-0.25, -0.2) is 4.98 Å². The van der Waals surface area contributed by atoms with Gasteiger partial charge in [0.05, 0.1) is 29.6 Å². The molecule has 0 aliphatic heterocycles. The molecule has 2 aromatic carbocycles. The third-order valence-corrected chi connectivity index (χ3v) is 3.11. The van der Waals surface area contributed by atoms with Crippen LogP contribution < -0.4 is 22.5 Å². The van der Waals surface area contributed by atoms with Gasteiger partial charge in [0.25, 0.3) is 0 Å². The van der Waals surface area contributed by atoms with Gasteiger partial charge in [0.2, 0.25) is 0 Å². The van der Waals surface area contributed by atoms with Crippen molar-refractivity contribution in [2.45, 2.75) is 6.54 Å². The van der Waals surface area contributed by atoms with Crippen LogP contribution in [0.5, 0.6) is 0 Å². The first kappa shape index (κ1) is 13.0. The summed E-state index contributed by atoms with van der Waals surface area (Å²) in [6.07, 6.45) is 1.71. The van der Waals surface area contributed by atoms with Crippen LogP contribution in [0.4, 0.5) is 22.7 Å². The van der Waals surface area contributed by atoms with Crippen molar-refractivity contribution in [3.8, 4) is 0 Å². The topological polar surface area (TPSA) is 116 Å². The number of fused-ring (bicyclic) bond motifs is 1. The van der Waals surface area contributed by atoms with E-state index in [1.807, 2.05) is 24.3 Å². The van der Waals surface area contributed by atoms with Crippen LogP contribution >= 0.6 is 0 Å². The zero-order valence-corrected chi connectivity index (χ0v) is 11.4. The lowest BCUT2D eigenvalue weighted by Crippen LogP contribution is -2.04. The number of nitrogens with two attached hydrogens (primary N) is 3. The van der Waals surface area contributed by atoms with E-state index in [1.165, 1.54) is 0 Å². The second-order valence-electron chi connectivity index (χ2n) is 4.82. The minimum Gasteiger partial charge on any atom is -0.399 e. The second kappa shape index (κ2) is 5.16. The van der Waals surface area contributed by atoms with E-state index in [4.69, 9.17) is 17.2 Å². The molecule has 0 amide bonds. The van der Waals surface area contributed by atoms with E-state index in [0.29, 0.717) is 34.6 Å². The van der Waals surface area contributed by atoms with E-state index >= 15 is 0 Å². The number of aromatic nitrogens is 2. The van der Waals surface area contributed by atoms with Crippen LogP contribution in [0, 0.1) is 0 Å². The lowest BCUT2D eigenvalue weighted by molar-refractivity contribution is 1.04. The van der Waals surface area contributed by atoms with Crippen molar-refractivity contribution in [3.05, 3.63) is 48.3 Å². The summed E-state index contributed by atoms with van der Waals surface area (Å²) in [4.78, 5) is 8.86. The molecule has 0 unspecified atom stereocenters. The highest BCUT2D eigenvalue weighted by atomic mass is 14.9. The first-order valence-corrected chi connectivity index (χ1v) is 6.52.